The molecule has 0 bridgehead atoms. The summed E-state index contributed by atoms with van der Waals surface area (Å²) in [6.07, 6.45) is 7.06. The third-order valence-corrected chi connectivity index (χ3v) is 5.08. The quantitative estimate of drug-likeness (QED) is 0.896. The average molecular weight is 286 g/mol. The number of hydrogen-bond donors (Lipinski definition) is 2. The van der Waals surface area contributed by atoms with Gasteiger partial charge in [0.25, 0.3) is 5.91 Å². The monoisotopic (exact) mass is 286 g/mol. The molecule has 21 heavy (non-hydrogen) atoms. The second-order valence-electron chi connectivity index (χ2n) is 6.48. The van der Waals surface area contributed by atoms with Crippen LogP contribution in [-0.4, -0.2) is 18.5 Å². The minimum atomic E-state index is 0.135. The van der Waals surface area contributed by atoms with Crippen molar-refractivity contribution in [3.05, 3.63) is 34.9 Å². The van der Waals surface area contributed by atoms with E-state index in [1.807, 2.05) is 12.1 Å². The summed E-state index contributed by atoms with van der Waals surface area (Å²) < 4.78 is 0. The van der Waals surface area contributed by atoms with Gasteiger partial charge in [-0.25, -0.2) is 0 Å². The first-order valence-electron chi connectivity index (χ1n) is 8.40. The van der Waals surface area contributed by atoms with Crippen molar-refractivity contribution in [3.8, 4) is 0 Å². The Morgan fingerprint density at radius 2 is 2.29 bits per heavy atom. The Labute approximate surface area is 127 Å². The maximum atomic E-state index is 12.6. The molecule has 1 aliphatic heterocycles. The first-order chi connectivity index (χ1) is 10.3. The normalized spacial score (nSPS) is 25.2. The van der Waals surface area contributed by atoms with Crippen LogP contribution in [0.2, 0.25) is 0 Å². The van der Waals surface area contributed by atoms with Crippen LogP contribution in [0.1, 0.15) is 60.5 Å². The molecule has 0 saturated heterocycles. The first-order valence-corrected chi connectivity index (χ1v) is 8.40. The largest absolute Gasteiger partial charge is 0.349 e. The van der Waals surface area contributed by atoms with Crippen molar-refractivity contribution in [3.63, 3.8) is 0 Å². The summed E-state index contributed by atoms with van der Waals surface area (Å²) in [6, 6.07) is 6.50. The zero-order valence-electron chi connectivity index (χ0n) is 13.0. The van der Waals surface area contributed by atoms with Crippen molar-refractivity contribution in [1.29, 1.82) is 0 Å². The van der Waals surface area contributed by atoms with Crippen LogP contribution in [0.25, 0.3) is 0 Å². The summed E-state index contributed by atoms with van der Waals surface area (Å²) in [4.78, 5) is 12.6. The van der Waals surface area contributed by atoms with Crippen LogP contribution < -0.4 is 10.6 Å². The lowest BCUT2D eigenvalue weighted by molar-refractivity contribution is 0.0918. The smallest absolute Gasteiger partial charge is 0.251 e. The molecule has 2 unspecified atom stereocenters. The Morgan fingerprint density at radius 3 is 3.14 bits per heavy atom. The van der Waals surface area contributed by atoms with E-state index in [0.29, 0.717) is 6.04 Å². The molecule has 0 spiro atoms. The van der Waals surface area contributed by atoms with E-state index in [4.69, 9.17) is 0 Å². The molecule has 1 saturated carbocycles. The third kappa shape index (κ3) is 3.29. The molecule has 1 aromatic carbocycles. The standard InChI is InChI=1S/C18H26N2O/c1-2-13-5-3-7-15(11-13)20-18(21)17-8-4-6-14-12-19-10-9-16(14)17/h4,6,8,13,15,19H,2-3,5,7,9-12H2,1H3,(H,20,21). The number of carbonyl (C=O) groups excluding carboxylic acids is 1. The van der Waals surface area contributed by atoms with E-state index in [2.05, 4.69) is 23.6 Å². The molecular weight excluding hydrogens is 260 g/mol. The molecule has 1 amide bonds. The molecule has 2 atom stereocenters. The predicted octanol–water partition coefficient (Wildman–Crippen LogP) is 3.03. The van der Waals surface area contributed by atoms with Gasteiger partial charge >= 0.3 is 0 Å². The van der Waals surface area contributed by atoms with Gasteiger partial charge in [0, 0.05) is 18.2 Å². The number of amides is 1. The Morgan fingerprint density at radius 1 is 1.38 bits per heavy atom. The van der Waals surface area contributed by atoms with Crippen LogP contribution in [0.15, 0.2) is 18.2 Å². The van der Waals surface area contributed by atoms with Crippen molar-refractivity contribution in [2.75, 3.05) is 6.54 Å². The van der Waals surface area contributed by atoms with Crippen molar-refractivity contribution in [2.24, 2.45) is 5.92 Å². The van der Waals surface area contributed by atoms with Gasteiger partial charge in [0.05, 0.1) is 0 Å². The molecule has 3 heteroatoms. The number of nitrogens with one attached hydrogen (secondary N) is 2. The zero-order chi connectivity index (χ0) is 14.7. The summed E-state index contributed by atoms with van der Waals surface area (Å²) in [5.41, 5.74) is 3.42. The number of fused-ring (bicyclic) bond motifs is 1. The van der Waals surface area contributed by atoms with E-state index < -0.39 is 0 Å². The highest BCUT2D eigenvalue weighted by atomic mass is 16.1. The Hall–Kier alpha value is -1.35. The molecule has 114 valence electrons. The second kappa shape index (κ2) is 6.61. The number of rotatable bonds is 3. The molecule has 0 aromatic heterocycles. The summed E-state index contributed by atoms with van der Waals surface area (Å²) in [5.74, 6) is 0.924. The zero-order valence-corrected chi connectivity index (χ0v) is 13.0. The number of benzene rings is 1. The van der Waals surface area contributed by atoms with Gasteiger partial charge in [0.15, 0.2) is 0 Å². The van der Waals surface area contributed by atoms with Gasteiger partial charge in [-0.15, -0.1) is 0 Å². The van der Waals surface area contributed by atoms with Gasteiger partial charge in [0.2, 0.25) is 0 Å². The van der Waals surface area contributed by atoms with E-state index in [-0.39, 0.29) is 5.91 Å². The van der Waals surface area contributed by atoms with Crippen LogP contribution in [0, 0.1) is 5.92 Å². The van der Waals surface area contributed by atoms with Gasteiger partial charge in [0.1, 0.15) is 0 Å². The summed E-state index contributed by atoms with van der Waals surface area (Å²) in [7, 11) is 0. The molecule has 3 nitrogen and oxygen atoms in total. The van der Waals surface area contributed by atoms with Crippen molar-refractivity contribution in [2.45, 2.75) is 58.0 Å². The van der Waals surface area contributed by atoms with E-state index in [1.165, 1.54) is 30.4 Å². The van der Waals surface area contributed by atoms with E-state index in [1.54, 1.807) is 0 Å². The van der Waals surface area contributed by atoms with Crippen LogP contribution in [0.3, 0.4) is 0 Å². The fraction of sp³-hybridized carbons (Fsp3) is 0.611. The molecular formula is C18H26N2O. The van der Waals surface area contributed by atoms with Crippen LogP contribution in [-0.2, 0) is 13.0 Å². The van der Waals surface area contributed by atoms with Crippen LogP contribution in [0.5, 0.6) is 0 Å². The van der Waals surface area contributed by atoms with Gasteiger partial charge in [-0.3, -0.25) is 4.79 Å². The molecule has 1 fully saturated rings. The molecule has 0 radical (unpaired) electrons. The summed E-state index contributed by atoms with van der Waals surface area (Å²) in [5, 5.41) is 6.66. The highest BCUT2D eigenvalue weighted by molar-refractivity contribution is 5.96. The number of hydrogen-bond acceptors (Lipinski definition) is 2. The lowest BCUT2D eigenvalue weighted by Crippen LogP contribution is -2.39. The third-order valence-electron chi connectivity index (χ3n) is 5.08. The fourth-order valence-electron chi connectivity index (χ4n) is 3.80. The Balaban J connectivity index is 1.71. The minimum Gasteiger partial charge on any atom is -0.349 e. The molecule has 2 aliphatic rings. The van der Waals surface area contributed by atoms with Crippen molar-refractivity contribution < 1.29 is 4.79 Å². The second-order valence-corrected chi connectivity index (χ2v) is 6.48. The highest BCUT2D eigenvalue weighted by Gasteiger charge is 2.24. The molecule has 1 aromatic rings. The van der Waals surface area contributed by atoms with Gasteiger partial charge < -0.3 is 10.6 Å². The topological polar surface area (TPSA) is 41.1 Å². The first kappa shape index (κ1) is 14.6. The average Bonchev–Trinajstić information content (AvgIpc) is 2.54. The van der Waals surface area contributed by atoms with E-state index in [0.717, 1.165) is 43.8 Å². The van der Waals surface area contributed by atoms with Gasteiger partial charge in [-0.1, -0.05) is 38.3 Å². The van der Waals surface area contributed by atoms with Gasteiger partial charge in [-0.05, 0) is 48.9 Å². The maximum Gasteiger partial charge on any atom is 0.251 e. The van der Waals surface area contributed by atoms with Crippen LogP contribution >= 0.6 is 0 Å². The van der Waals surface area contributed by atoms with Crippen molar-refractivity contribution in [1.82, 2.24) is 10.6 Å². The highest BCUT2D eigenvalue weighted by Crippen LogP contribution is 2.27. The maximum absolute atomic E-state index is 12.6. The van der Waals surface area contributed by atoms with E-state index >= 15 is 0 Å². The SMILES string of the molecule is CCC1CCCC(NC(=O)c2cccc3c2CCNC3)C1. The van der Waals surface area contributed by atoms with Crippen LogP contribution in [0.4, 0.5) is 0 Å². The molecule has 3 rings (SSSR count). The summed E-state index contributed by atoms with van der Waals surface area (Å²) in [6.45, 7) is 4.12. The number of carbonyl (C=O) groups is 1. The Kier molecular flexibility index (Phi) is 4.59. The lowest BCUT2D eigenvalue weighted by atomic mass is 9.84. The fourth-order valence-corrected chi connectivity index (χ4v) is 3.80. The van der Waals surface area contributed by atoms with Crippen molar-refractivity contribution >= 4 is 5.91 Å². The predicted molar refractivity (Wildman–Crippen MR) is 85.4 cm³/mol. The summed E-state index contributed by atoms with van der Waals surface area (Å²) >= 11 is 0. The van der Waals surface area contributed by atoms with E-state index in [9.17, 15) is 4.79 Å². The molecule has 2 N–H and O–H groups in total. The molecule has 1 aliphatic carbocycles. The minimum absolute atomic E-state index is 0.135. The molecule has 1 heterocycles. The Bertz CT molecular complexity index is 512. The van der Waals surface area contributed by atoms with Gasteiger partial charge in [-0.2, -0.15) is 0 Å². The lowest BCUT2D eigenvalue weighted by Gasteiger charge is -2.29.